The second-order valence-corrected chi connectivity index (χ2v) is 4.97. The molecule has 0 aromatic heterocycles. The summed E-state index contributed by atoms with van der Waals surface area (Å²) >= 11 is 0. The molecule has 0 aliphatic carbocycles. The first-order chi connectivity index (χ1) is 9.47. The Balaban J connectivity index is 2.92. The van der Waals surface area contributed by atoms with E-state index in [1.807, 2.05) is 13.8 Å². The molecule has 20 heavy (non-hydrogen) atoms. The number of nitrogens with zero attached hydrogens (tertiary/aromatic N) is 2. The van der Waals surface area contributed by atoms with E-state index in [9.17, 15) is 4.39 Å². The molecule has 0 atom stereocenters. The van der Waals surface area contributed by atoms with Gasteiger partial charge in [0, 0.05) is 31.3 Å². The molecule has 0 bridgehead atoms. The molecule has 6 heteroatoms. The predicted molar refractivity (Wildman–Crippen MR) is 76.2 cm³/mol. The van der Waals surface area contributed by atoms with Crippen molar-refractivity contribution in [2.45, 2.75) is 32.9 Å². The topological polar surface area (TPSA) is 82.1 Å². The molecule has 0 saturated carbocycles. The van der Waals surface area contributed by atoms with E-state index in [1.165, 1.54) is 12.1 Å². The summed E-state index contributed by atoms with van der Waals surface area (Å²) in [7, 11) is 0. The second kappa shape index (κ2) is 7.81. The normalized spacial score (nSPS) is 12.4. The third-order valence-electron chi connectivity index (χ3n) is 3.08. The van der Waals surface area contributed by atoms with Crippen LogP contribution in [-0.2, 0) is 6.54 Å². The van der Waals surface area contributed by atoms with Crippen LogP contribution >= 0.6 is 0 Å². The molecule has 0 heterocycles. The monoisotopic (exact) mass is 283 g/mol. The lowest BCUT2D eigenvalue weighted by Crippen LogP contribution is -2.32. The van der Waals surface area contributed by atoms with Crippen LogP contribution in [0.25, 0.3) is 0 Å². The lowest BCUT2D eigenvalue weighted by Gasteiger charge is -2.26. The first kappa shape index (κ1) is 16.4. The average molecular weight is 283 g/mol. The summed E-state index contributed by atoms with van der Waals surface area (Å²) < 4.78 is 13.6. The van der Waals surface area contributed by atoms with Crippen LogP contribution in [0.4, 0.5) is 4.39 Å². The predicted octanol–water partition coefficient (Wildman–Crippen LogP) is 1.51. The van der Waals surface area contributed by atoms with E-state index in [0.29, 0.717) is 18.5 Å². The Morgan fingerprint density at radius 1 is 1.40 bits per heavy atom. The summed E-state index contributed by atoms with van der Waals surface area (Å²) in [6, 6.07) is 4.64. The summed E-state index contributed by atoms with van der Waals surface area (Å²) in [6.45, 7) is 5.48. The van der Waals surface area contributed by atoms with Crippen LogP contribution in [0, 0.1) is 5.82 Å². The van der Waals surface area contributed by atoms with Gasteiger partial charge in [0.15, 0.2) is 5.84 Å². The first-order valence-electron chi connectivity index (χ1n) is 6.60. The van der Waals surface area contributed by atoms with Crippen molar-refractivity contribution in [3.8, 4) is 0 Å². The quantitative estimate of drug-likeness (QED) is 0.307. The molecular formula is C14H22FN3O2. The number of oxime groups is 1. The third kappa shape index (κ3) is 4.79. The maximum atomic E-state index is 13.6. The molecule has 0 fully saturated rings. The fourth-order valence-corrected chi connectivity index (χ4v) is 1.98. The maximum absolute atomic E-state index is 13.6. The van der Waals surface area contributed by atoms with Gasteiger partial charge in [0.2, 0.25) is 0 Å². The van der Waals surface area contributed by atoms with Crippen molar-refractivity contribution in [1.29, 1.82) is 0 Å². The van der Waals surface area contributed by atoms with Gasteiger partial charge in [-0.2, -0.15) is 0 Å². The number of rotatable bonds is 7. The Kier molecular flexibility index (Phi) is 6.41. The van der Waals surface area contributed by atoms with Gasteiger partial charge >= 0.3 is 0 Å². The molecule has 1 aromatic rings. The molecule has 0 saturated heterocycles. The smallest absolute Gasteiger partial charge is 0.170 e. The molecule has 0 unspecified atom stereocenters. The summed E-state index contributed by atoms with van der Waals surface area (Å²) in [5.41, 5.74) is 6.59. The van der Waals surface area contributed by atoms with E-state index in [4.69, 9.17) is 16.0 Å². The lowest BCUT2D eigenvalue weighted by atomic mass is 10.1. The second-order valence-electron chi connectivity index (χ2n) is 4.97. The van der Waals surface area contributed by atoms with E-state index in [-0.39, 0.29) is 18.5 Å². The van der Waals surface area contributed by atoms with Gasteiger partial charge in [-0.15, -0.1) is 0 Å². The number of amidine groups is 1. The van der Waals surface area contributed by atoms with Gasteiger partial charge < -0.3 is 16.0 Å². The molecule has 0 spiro atoms. The fourth-order valence-electron chi connectivity index (χ4n) is 1.98. The molecule has 1 rings (SSSR count). The summed E-state index contributed by atoms with van der Waals surface area (Å²) in [5.74, 6) is -0.535. The molecule has 112 valence electrons. The van der Waals surface area contributed by atoms with Crippen molar-refractivity contribution in [3.63, 3.8) is 0 Å². The van der Waals surface area contributed by atoms with Crippen molar-refractivity contribution in [1.82, 2.24) is 4.90 Å². The number of nitrogens with two attached hydrogens (primary N) is 1. The van der Waals surface area contributed by atoms with Crippen molar-refractivity contribution in [2.75, 3.05) is 13.2 Å². The van der Waals surface area contributed by atoms with Gasteiger partial charge in [0.05, 0.1) is 0 Å². The molecule has 5 nitrogen and oxygen atoms in total. The largest absolute Gasteiger partial charge is 0.409 e. The van der Waals surface area contributed by atoms with Crippen molar-refractivity contribution >= 4 is 5.84 Å². The molecular weight excluding hydrogens is 261 g/mol. The number of aliphatic hydroxyl groups is 1. The Morgan fingerprint density at radius 3 is 2.65 bits per heavy atom. The highest BCUT2D eigenvalue weighted by Crippen LogP contribution is 2.14. The summed E-state index contributed by atoms with van der Waals surface area (Å²) in [6.07, 6.45) is 0.667. The SMILES string of the molecule is CC(C)N(CCCO)Cc1cc(F)cc(/C(N)=N/O)c1. The highest BCUT2D eigenvalue weighted by molar-refractivity contribution is 5.97. The van der Waals surface area contributed by atoms with Crippen LogP contribution in [0.5, 0.6) is 0 Å². The Hall–Kier alpha value is -1.66. The maximum Gasteiger partial charge on any atom is 0.170 e. The third-order valence-corrected chi connectivity index (χ3v) is 3.08. The van der Waals surface area contributed by atoms with Crippen LogP contribution < -0.4 is 5.73 Å². The van der Waals surface area contributed by atoms with E-state index in [0.717, 1.165) is 12.1 Å². The highest BCUT2D eigenvalue weighted by atomic mass is 19.1. The first-order valence-corrected chi connectivity index (χ1v) is 6.60. The minimum atomic E-state index is -0.421. The van der Waals surface area contributed by atoms with Crippen LogP contribution in [0.3, 0.4) is 0 Å². The number of aliphatic hydroxyl groups excluding tert-OH is 1. The standard InChI is InChI=1S/C14H22FN3O2/c1-10(2)18(4-3-5-19)9-11-6-12(14(16)17-20)8-13(15)7-11/h6-8,10,19-20H,3-5,9H2,1-2H3,(H2,16,17). The van der Waals surface area contributed by atoms with E-state index in [1.54, 1.807) is 6.07 Å². The fraction of sp³-hybridized carbons (Fsp3) is 0.500. The van der Waals surface area contributed by atoms with Gasteiger partial charge in [-0.25, -0.2) is 4.39 Å². The van der Waals surface area contributed by atoms with Gasteiger partial charge in [-0.1, -0.05) is 5.16 Å². The van der Waals surface area contributed by atoms with Crippen molar-refractivity contribution in [3.05, 3.63) is 35.1 Å². The molecule has 4 N–H and O–H groups in total. The van der Waals surface area contributed by atoms with Gasteiger partial charge in [0.25, 0.3) is 0 Å². The minimum absolute atomic E-state index is 0.114. The highest BCUT2D eigenvalue weighted by Gasteiger charge is 2.12. The Bertz CT molecular complexity index is 464. The molecule has 0 amide bonds. The lowest BCUT2D eigenvalue weighted by molar-refractivity contribution is 0.184. The van der Waals surface area contributed by atoms with Gasteiger partial charge in [-0.3, -0.25) is 4.90 Å². The van der Waals surface area contributed by atoms with Crippen LogP contribution in [0.1, 0.15) is 31.4 Å². The summed E-state index contributed by atoms with van der Waals surface area (Å²) in [4.78, 5) is 2.13. The molecule has 0 radical (unpaired) electrons. The molecule has 1 aromatic carbocycles. The van der Waals surface area contributed by atoms with Gasteiger partial charge in [-0.05, 0) is 44.0 Å². The zero-order chi connectivity index (χ0) is 15.1. The van der Waals surface area contributed by atoms with E-state index < -0.39 is 5.82 Å². The van der Waals surface area contributed by atoms with E-state index >= 15 is 0 Å². The van der Waals surface area contributed by atoms with Gasteiger partial charge in [0.1, 0.15) is 5.82 Å². The molecule has 0 aliphatic rings. The Labute approximate surface area is 118 Å². The number of hydrogen-bond acceptors (Lipinski definition) is 4. The zero-order valence-corrected chi connectivity index (χ0v) is 11.9. The van der Waals surface area contributed by atoms with Crippen LogP contribution in [0.2, 0.25) is 0 Å². The van der Waals surface area contributed by atoms with Crippen molar-refractivity contribution < 1.29 is 14.7 Å². The van der Waals surface area contributed by atoms with Crippen LogP contribution in [0.15, 0.2) is 23.4 Å². The van der Waals surface area contributed by atoms with Crippen LogP contribution in [-0.4, -0.2) is 40.2 Å². The van der Waals surface area contributed by atoms with Crippen molar-refractivity contribution in [2.24, 2.45) is 10.9 Å². The number of halogens is 1. The summed E-state index contributed by atoms with van der Waals surface area (Å²) in [5, 5.41) is 20.5. The average Bonchev–Trinajstić information content (AvgIpc) is 2.41. The minimum Gasteiger partial charge on any atom is -0.409 e. The number of benzene rings is 1. The molecule has 0 aliphatic heterocycles. The Morgan fingerprint density at radius 2 is 2.10 bits per heavy atom. The number of hydrogen-bond donors (Lipinski definition) is 3. The van der Waals surface area contributed by atoms with E-state index in [2.05, 4.69) is 10.1 Å². The zero-order valence-electron chi connectivity index (χ0n) is 11.9.